The van der Waals surface area contributed by atoms with Crippen LogP contribution in [0.2, 0.25) is 0 Å². The predicted octanol–water partition coefficient (Wildman–Crippen LogP) is 2.74. The fourth-order valence-electron chi connectivity index (χ4n) is 6.14. The van der Waals surface area contributed by atoms with Crippen molar-refractivity contribution in [3.05, 3.63) is 48.6 Å². The second kappa shape index (κ2) is 11.7. The third-order valence-corrected chi connectivity index (χ3v) is 8.62. The van der Waals surface area contributed by atoms with Crippen LogP contribution in [0.1, 0.15) is 43.7 Å². The standard InChI is InChI=1S/C30H36N8O3/c1-41-27-14-22(20-38-29(27)23(15-31)16-33-38)24-17-32-37(21-24)26-7-12-35(13-8-26)30(40)25-18-36(19-25)28(39)6-5-11-34-9-3-2-4-10-34/h5-6,14,16-17,20-21,25-26H,2-4,7-13,18-19H2,1H3/b6-5+. The highest BCUT2D eigenvalue weighted by molar-refractivity contribution is 5.90. The number of carbonyl (C=O) groups excluding carboxylic acids is 2. The summed E-state index contributed by atoms with van der Waals surface area (Å²) in [6.45, 7) is 5.43. The van der Waals surface area contributed by atoms with E-state index in [1.165, 1.54) is 25.5 Å². The van der Waals surface area contributed by atoms with E-state index in [1.54, 1.807) is 22.6 Å². The molecule has 214 valence electrons. The molecule has 0 N–H and O–H groups in total. The normalized spacial score (nSPS) is 19.0. The molecule has 0 aromatic carbocycles. The molecule has 3 aromatic heterocycles. The zero-order valence-electron chi connectivity index (χ0n) is 23.5. The molecule has 6 heterocycles. The van der Waals surface area contributed by atoms with Crippen molar-refractivity contribution in [2.45, 2.75) is 38.1 Å². The Hall–Kier alpha value is -4.17. The quantitative estimate of drug-likeness (QED) is 0.412. The monoisotopic (exact) mass is 556 g/mol. The van der Waals surface area contributed by atoms with Gasteiger partial charge in [-0.2, -0.15) is 15.5 Å². The second-order valence-corrected chi connectivity index (χ2v) is 11.2. The maximum absolute atomic E-state index is 13.1. The van der Waals surface area contributed by atoms with Crippen LogP contribution >= 0.6 is 0 Å². The van der Waals surface area contributed by atoms with Crippen molar-refractivity contribution in [1.29, 1.82) is 5.26 Å². The molecule has 0 spiro atoms. The van der Waals surface area contributed by atoms with Gasteiger partial charge in [-0.25, -0.2) is 4.52 Å². The molecular weight excluding hydrogens is 520 g/mol. The number of likely N-dealkylation sites (tertiary alicyclic amines) is 3. The molecule has 6 rings (SSSR count). The molecular formula is C30H36N8O3. The summed E-state index contributed by atoms with van der Waals surface area (Å²) in [5, 5.41) is 18.3. The number of piperidine rings is 2. The summed E-state index contributed by atoms with van der Waals surface area (Å²) in [6.07, 6.45) is 16.3. The Kier molecular flexibility index (Phi) is 7.74. The van der Waals surface area contributed by atoms with Crippen molar-refractivity contribution in [1.82, 2.24) is 34.1 Å². The van der Waals surface area contributed by atoms with Crippen molar-refractivity contribution >= 4 is 17.3 Å². The molecule has 0 radical (unpaired) electrons. The van der Waals surface area contributed by atoms with Crippen molar-refractivity contribution in [3.63, 3.8) is 0 Å². The number of nitrogens with zero attached hydrogens (tertiary/aromatic N) is 8. The minimum atomic E-state index is -0.101. The van der Waals surface area contributed by atoms with Gasteiger partial charge in [-0.15, -0.1) is 0 Å². The Labute approximate surface area is 239 Å². The minimum Gasteiger partial charge on any atom is -0.494 e. The molecule has 3 aliphatic heterocycles. The van der Waals surface area contributed by atoms with Crippen LogP contribution in [-0.4, -0.2) is 98.8 Å². The number of hydrogen-bond donors (Lipinski definition) is 0. The van der Waals surface area contributed by atoms with Gasteiger partial charge in [-0.3, -0.25) is 19.2 Å². The molecule has 0 unspecified atom stereocenters. The number of nitriles is 1. The van der Waals surface area contributed by atoms with E-state index < -0.39 is 0 Å². The van der Waals surface area contributed by atoms with E-state index in [0.717, 1.165) is 43.6 Å². The van der Waals surface area contributed by atoms with E-state index in [2.05, 4.69) is 21.2 Å². The number of carbonyl (C=O) groups is 2. The summed E-state index contributed by atoms with van der Waals surface area (Å²) < 4.78 is 9.18. The van der Waals surface area contributed by atoms with Gasteiger partial charge in [-0.05, 0) is 44.8 Å². The Morgan fingerprint density at radius 1 is 1.02 bits per heavy atom. The lowest BCUT2D eigenvalue weighted by Crippen LogP contribution is -2.57. The van der Waals surface area contributed by atoms with Crippen LogP contribution in [-0.2, 0) is 9.59 Å². The lowest BCUT2D eigenvalue weighted by molar-refractivity contribution is -0.147. The van der Waals surface area contributed by atoms with Crippen molar-refractivity contribution in [2.75, 3.05) is 52.9 Å². The third kappa shape index (κ3) is 5.57. The van der Waals surface area contributed by atoms with Gasteiger partial charge in [0, 0.05) is 62.3 Å². The van der Waals surface area contributed by atoms with Gasteiger partial charge in [-0.1, -0.05) is 12.5 Å². The topological polar surface area (TPSA) is 112 Å². The van der Waals surface area contributed by atoms with E-state index in [9.17, 15) is 14.9 Å². The zero-order valence-corrected chi connectivity index (χ0v) is 23.5. The maximum Gasteiger partial charge on any atom is 0.246 e. The third-order valence-electron chi connectivity index (χ3n) is 8.62. The van der Waals surface area contributed by atoms with Crippen LogP contribution in [0.25, 0.3) is 16.6 Å². The second-order valence-electron chi connectivity index (χ2n) is 11.2. The Balaban J connectivity index is 0.994. The first-order valence-corrected chi connectivity index (χ1v) is 14.5. The summed E-state index contributed by atoms with van der Waals surface area (Å²) in [4.78, 5) is 31.7. The van der Waals surface area contributed by atoms with E-state index in [4.69, 9.17) is 4.74 Å². The van der Waals surface area contributed by atoms with Crippen LogP contribution in [0.4, 0.5) is 0 Å². The number of aromatic nitrogens is 4. The fourth-order valence-corrected chi connectivity index (χ4v) is 6.14. The minimum absolute atomic E-state index is 0.00841. The van der Waals surface area contributed by atoms with E-state index in [0.29, 0.717) is 43.0 Å². The molecule has 2 amide bonds. The molecule has 41 heavy (non-hydrogen) atoms. The van der Waals surface area contributed by atoms with E-state index in [-0.39, 0.29) is 23.8 Å². The van der Waals surface area contributed by atoms with Crippen molar-refractivity contribution in [2.24, 2.45) is 5.92 Å². The summed E-state index contributed by atoms with van der Waals surface area (Å²) >= 11 is 0. The Morgan fingerprint density at radius 3 is 2.54 bits per heavy atom. The van der Waals surface area contributed by atoms with Crippen LogP contribution in [0, 0.1) is 17.2 Å². The Morgan fingerprint density at radius 2 is 1.80 bits per heavy atom. The van der Waals surface area contributed by atoms with Gasteiger partial charge >= 0.3 is 0 Å². The smallest absolute Gasteiger partial charge is 0.246 e. The molecule has 3 aromatic rings. The molecule has 3 saturated heterocycles. The molecule has 3 aliphatic rings. The molecule has 0 saturated carbocycles. The molecule has 0 atom stereocenters. The van der Waals surface area contributed by atoms with Crippen molar-refractivity contribution in [3.8, 4) is 22.9 Å². The number of ether oxygens (including phenoxy) is 1. The molecule has 11 heteroatoms. The van der Waals surface area contributed by atoms with Crippen LogP contribution < -0.4 is 4.74 Å². The van der Waals surface area contributed by atoms with Crippen LogP contribution in [0.5, 0.6) is 5.75 Å². The average molecular weight is 557 g/mol. The van der Waals surface area contributed by atoms with Gasteiger partial charge in [0.1, 0.15) is 22.9 Å². The highest BCUT2D eigenvalue weighted by atomic mass is 16.5. The van der Waals surface area contributed by atoms with Gasteiger partial charge in [0.2, 0.25) is 11.8 Å². The molecule has 11 nitrogen and oxygen atoms in total. The van der Waals surface area contributed by atoms with Crippen LogP contribution in [0.15, 0.2) is 43.0 Å². The summed E-state index contributed by atoms with van der Waals surface area (Å²) in [5.74, 6) is 0.647. The molecule has 0 bridgehead atoms. The van der Waals surface area contributed by atoms with Crippen LogP contribution in [0.3, 0.4) is 0 Å². The van der Waals surface area contributed by atoms with E-state index >= 15 is 0 Å². The van der Waals surface area contributed by atoms with E-state index in [1.807, 2.05) is 40.3 Å². The summed E-state index contributed by atoms with van der Waals surface area (Å²) in [5.41, 5.74) is 2.94. The van der Waals surface area contributed by atoms with Gasteiger partial charge in [0.25, 0.3) is 0 Å². The Bertz CT molecular complexity index is 1480. The number of rotatable bonds is 7. The lowest BCUT2D eigenvalue weighted by Gasteiger charge is -2.41. The largest absolute Gasteiger partial charge is 0.494 e. The average Bonchev–Trinajstić information content (AvgIpc) is 3.64. The van der Waals surface area contributed by atoms with Gasteiger partial charge in [0.05, 0.1) is 31.5 Å². The fraction of sp³-hybridized carbons (Fsp3) is 0.500. The number of methoxy groups -OCH3 is 1. The number of pyridine rings is 1. The predicted molar refractivity (Wildman–Crippen MR) is 152 cm³/mol. The number of fused-ring (bicyclic) bond motifs is 1. The van der Waals surface area contributed by atoms with Gasteiger partial charge in [0.15, 0.2) is 0 Å². The molecule has 3 fully saturated rings. The number of amides is 2. The SMILES string of the molecule is COc1cc(-c2cnn(C3CCN(C(=O)C4CN(C(=O)/C=C/CN5CCCCC5)C4)CC3)c2)cn2ncc(C#N)c12. The van der Waals surface area contributed by atoms with Gasteiger partial charge < -0.3 is 14.5 Å². The highest BCUT2D eigenvalue weighted by Crippen LogP contribution is 2.31. The van der Waals surface area contributed by atoms with Crippen molar-refractivity contribution < 1.29 is 14.3 Å². The first kappa shape index (κ1) is 27.0. The highest BCUT2D eigenvalue weighted by Gasteiger charge is 2.38. The number of hydrogen-bond acceptors (Lipinski definition) is 7. The lowest BCUT2D eigenvalue weighted by atomic mass is 9.96. The first-order chi connectivity index (χ1) is 20.0. The summed E-state index contributed by atoms with van der Waals surface area (Å²) in [6, 6.07) is 4.26. The molecule has 0 aliphatic carbocycles. The zero-order chi connectivity index (χ0) is 28.3. The summed E-state index contributed by atoms with van der Waals surface area (Å²) in [7, 11) is 1.58. The first-order valence-electron chi connectivity index (χ1n) is 14.5. The maximum atomic E-state index is 13.1.